The van der Waals surface area contributed by atoms with Crippen molar-refractivity contribution >= 4 is 0 Å². The molecule has 0 radical (unpaired) electrons. The van der Waals surface area contributed by atoms with E-state index >= 15 is 0 Å². The van der Waals surface area contributed by atoms with Crippen LogP contribution >= 0.6 is 0 Å². The molecule has 130 valence electrons. The van der Waals surface area contributed by atoms with Crippen LogP contribution in [0.2, 0.25) is 0 Å². The van der Waals surface area contributed by atoms with Gasteiger partial charge in [-0.25, -0.2) is 13.2 Å². The highest BCUT2D eigenvalue weighted by atomic mass is 19.4. The van der Waals surface area contributed by atoms with Crippen molar-refractivity contribution in [3.05, 3.63) is 40.7 Å². The number of alkyl halides is 6. The fourth-order valence-electron chi connectivity index (χ4n) is 1.20. The van der Waals surface area contributed by atoms with Crippen molar-refractivity contribution in [2.75, 3.05) is 0 Å². The Balaban J connectivity index is 3.56. The molecular weight excluding hydrogens is 364 g/mol. The lowest BCUT2D eigenvalue weighted by atomic mass is 10.2. The van der Waals surface area contributed by atoms with Gasteiger partial charge in [0.1, 0.15) is 0 Å². The number of hydrogen-bond donors (Lipinski definition) is 0. The first-order chi connectivity index (χ1) is 10.2. The van der Waals surface area contributed by atoms with Crippen LogP contribution in [0.3, 0.4) is 0 Å². The molecule has 0 fully saturated rings. The Morgan fingerprint density at radius 3 is 1.22 bits per heavy atom. The number of benzene rings is 1. The fourth-order valence-corrected chi connectivity index (χ4v) is 1.20. The van der Waals surface area contributed by atoms with Gasteiger partial charge in [0.2, 0.25) is 40.4 Å². The van der Waals surface area contributed by atoms with Gasteiger partial charge in [-0.15, -0.1) is 0 Å². The van der Waals surface area contributed by atoms with E-state index in [0.29, 0.717) is 0 Å². The van der Waals surface area contributed by atoms with Crippen molar-refractivity contribution in [3.8, 4) is 5.75 Å². The lowest BCUT2D eigenvalue weighted by molar-refractivity contribution is -0.177. The second kappa shape index (κ2) is 5.85. The average molecular weight is 364 g/mol. The van der Waals surface area contributed by atoms with E-state index in [-0.39, 0.29) is 0 Å². The van der Waals surface area contributed by atoms with E-state index in [9.17, 15) is 52.7 Å². The summed E-state index contributed by atoms with van der Waals surface area (Å²) in [7, 11) is 0. The second-order valence-corrected chi connectivity index (χ2v) is 3.65. The molecule has 0 spiro atoms. The summed E-state index contributed by atoms with van der Waals surface area (Å²) in [5, 5.41) is 0. The van der Waals surface area contributed by atoms with Crippen LogP contribution in [-0.4, -0.2) is 12.4 Å². The number of ether oxygens (including phenoxy) is 1. The maximum Gasteiger partial charge on any atom is 0.427 e. The van der Waals surface area contributed by atoms with Gasteiger partial charge >= 0.3 is 12.4 Å². The van der Waals surface area contributed by atoms with Gasteiger partial charge in [0, 0.05) is 0 Å². The average Bonchev–Trinajstić information content (AvgIpc) is 2.35. The molecule has 0 N–H and O–H groups in total. The van der Waals surface area contributed by atoms with Crippen molar-refractivity contribution < 1.29 is 57.4 Å². The predicted molar refractivity (Wildman–Crippen MR) is 47.1 cm³/mol. The first-order valence-corrected chi connectivity index (χ1v) is 4.93. The van der Waals surface area contributed by atoms with Crippen LogP contribution in [-0.2, 0) is 0 Å². The minimum absolute atomic E-state index is 2.66. The van der Waals surface area contributed by atoms with Gasteiger partial charge in [-0.3, -0.25) is 0 Å². The lowest BCUT2D eigenvalue weighted by Gasteiger charge is -2.16. The molecule has 1 aromatic rings. The van der Waals surface area contributed by atoms with E-state index in [2.05, 4.69) is 4.74 Å². The Morgan fingerprint density at radius 2 is 0.913 bits per heavy atom. The van der Waals surface area contributed by atoms with Crippen molar-refractivity contribution in [1.29, 1.82) is 0 Å². The Bertz CT molecular complexity index is 608. The predicted octanol–water partition coefficient (Wildman–Crippen LogP) is 5.07. The van der Waals surface area contributed by atoms with E-state index in [4.69, 9.17) is 0 Å². The fraction of sp³-hybridized carbons (Fsp3) is 0.200. The molecule has 1 aromatic carbocycles. The molecule has 0 amide bonds. The molecule has 0 aromatic heterocycles. The molecule has 0 atom stereocenters. The molecule has 23 heavy (non-hydrogen) atoms. The number of rotatable bonds is 2. The van der Waals surface area contributed by atoms with Crippen LogP contribution in [0.15, 0.2) is 11.6 Å². The zero-order chi connectivity index (χ0) is 18.3. The summed E-state index contributed by atoms with van der Waals surface area (Å²) < 4.78 is 153. The van der Waals surface area contributed by atoms with E-state index in [1.54, 1.807) is 0 Å². The standard InChI is InChI=1S/C10F12O/c11-1-2(12)4(14)6(5(15)3(1)13)23-8(16)7(9(17,18)19)10(20,21)22. The third-order valence-corrected chi connectivity index (χ3v) is 2.12. The molecule has 0 aliphatic heterocycles. The molecule has 0 unspecified atom stereocenters. The minimum atomic E-state index is -6.42. The smallest absolute Gasteiger partial charge is 0.425 e. The minimum Gasteiger partial charge on any atom is -0.425 e. The zero-order valence-corrected chi connectivity index (χ0v) is 9.94. The molecule has 0 saturated heterocycles. The Morgan fingerprint density at radius 1 is 0.609 bits per heavy atom. The van der Waals surface area contributed by atoms with E-state index < -0.39 is 58.8 Å². The van der Waals surface area contributed by atoms with Gasteiger partial charge in [0.15, 0.2) is 0 Å². The summed E-state index contributed by atoms with van der Waals surface area (Å²) in [4.78, 5) is 0. The summed E-state index contributed by atoms with van der Waals surface area (Å²) >= 11 is 0. The maximum atomic E-state index is 13.0. The lowest BCUT2D eigenvalue weighted by Crippen LogP contribution is -2.28. The van der Waals surface area contributed by atoms with Gasteiger partial charge in [-0.05, 0) is 0 Å². The molecule has 13 heteroatoms. The second-order valence-electron chi connectivity index (χ2n) is 3.65. The Hall–Kier alpha value is -2.08. The van der Waals surface area contributed by atoms with Gasteiger partial charge in [0.05, 0.1) is 0 Å². The summed E-state index contributed by atoms with van der Waals surface area (Å²) in [5.41, 5.74) is -3.96. The van der Waals surface area contributed by atoms with Crippen LogP contribution in [0, 0.1) is 29.1 Å². The molecule has 0 aliphatic carbocycles. The largest absolute Gasteiger partial charge is 0.427 e. The highest BCUT2D eigenvalue weighted by Gasteiger charge is 2.55. The van der Waals surface area contributed by atoms with E-state index in [1.807, 2.05) is 0 Å². The van der Waals surface area contributed by atoms with E-state index in [0.717, 1.165) is 0 Å². The van der Waals surface area contributed by atoms with Crippen LogP contribution in [0.1, 0.15) is 0 Å². The summed E-state index contributed by atoms with van der Waals surface area (Å²) in [6, 6.07) is -3.65. The Kier molecular flexibility index (Phi) is 4.82. The highest BCUT2D eigenvalue weighted by Crippen LogP contribution is 2.42. The summed E-state index contributed by atoms with van der Waals surface area (Å²) in [5.74, 6) is -16.9. The molecular formula is C10F12O. The van der Waals surface area contributed by atoms with Crippen molar-refractivity contribution in [2.24, 2.45) is 0 Å². The SMILES string of the molecule is FC(Oc1c(F)c(F)c(F)c(F)c1F)=C(C(F)(F)F)C(F)(F)F. The topological polar surface area (TPSA) is 9.23 Å². The monoisotopic (exact) mass is 364 g/mol. The third kappa shape index (κ3) is 3.64. The quantitative estimate of drug-likeness (QED) is 0.308. The van der Waals surface area contributed by atoms with Crippen molar-refractivity contribution in [3.63, 3.8) is 0 Å². The van der Waals surface area contributed by atoms with Crippen LogP contribution in [0.4, 0.5) is 52.7 Å². The van der Waals surface area contributed by atoms with Gasteiger partial charge in [-0.2, -0.15) is 39.5 Å². The first kappa shape index (κ1) is 19.0. The number of hydrogen-bond acceptors (Lipinski definition) is 1. The Labute approximate surface area is 117 Å². The van der Waals surface area contributed by atoms with Gasteiger partial charge in [0.25, 0.3) is 6.01 Å². The highest BCUT2D eigenvalue weighted by molar-refractivity contribution is 5.32. The summed E-state index contributed by atoms with van der Waals surface area (Å²) in [6.07, 6.45) is -12.8. The van der Waals surface area contributed by atoms with E-state index in [1.165, 1.54) is 0 Å². The molecule has 0 bridgehead atoms. The molecule has 0 saturated carbocycles. The number of allylic oxidation sites excluding steroid dienone is 1. The molecule has 1 rings (SSSR count). The van der Waals surface area contributed by atoms with Gasteiger partial charge in [-0.1, -0.05) is 0 Å². The normalized spacial score (nSPS) is 12.3. The maximum absolute atomic E-state index is 13.0. The molecule has 1 nitrogen and oxygen atoms in total. The van der Waals surface area contributed by atoms with Crippen LogP contribution < -0.4 is 4.74 Å². The zero-order valence-electron chi connectivity index (χ0n) is 9.94. The number of halogens is 12. The molecule has 0 aliphatic rings. The van der Waals surface area contributed by atoms with Crippen molar-refractivity contribution in [1.82, 2.24) is 0 Å². The van der Waals surface area contributed by atoms with Crippen LogP contribution in [0.25, 0.3) is 0 Å². The van der Waals surface area contributed by atoms with Gasteiger partial charge < -0.3 is 4.74 Å². The van der Waals surface area contributed by atoms with Crippen LogP contribution in [0.5, 0.6) is 5.75 Å². The molecule has 0 heterocycles. The third-order valence-electron chi connectivity index (χ3n) is 2.12. The van der Waals surface area contributed by atoms with Crippen molar-refractivity contribution in [2.45, 2.75) is 12.4 Å². The first-order valence-electron chi connectivity index (χ1n) is 4.93. The summed E-state index contributed by atoms with van der Waals surface area (Å²) in [6.45, 7) is 0.